The van der Waals surface area contributed by atoms with Crippen molar-refractivity contribution in [3.05, 3.63) is 58.1 Å². The van der Waals surface area contributed by atoms with Crippen molar-refractivity contribution in [2.45, 2.75) is 11.8 Å². The van der Waals surface area contributed by atoms with Crippen LogP contribution in [-0.2, 0) is 26.2 Å². The second-order valence-corrected chi connectivity index (χ2v) is 6.71. The van der Waals surface area contributed by atoms with Crippen LogP contribution in [0.2, 0.25) is 5.02 Å². The number of aliphatic hydroxyl groups excluding tert-OH is 1. The minimum Gasteiger partial charge on any atom is -0.496 e. The summed E-state index contributed by atoms with van der Waals surface area (Å²) >= 11 is 5.94. The fourth-order valence-electron chi connectivity index (χ4n) is 3.15. The molecule has 1 heterocycles. The molecule has 1 unspecified atom stereocenters. The van der Waals surface area contributed by atoms with E-state index in [2.05, 4.69) is 4.74 Å². The number of rotatable bonds is 5. The average Bonchev–Trinajstić information content (AvgIpc) is 2.92. The van der Waals surface area contributed by atoms with Gasteiger partial charge in [0.1, 0.15) is 12.4 Å². The summed E-state index contributed by atoms with van der Waals surface area (Å²) in [5.74, 6) is -2.51. The molecule has 1 aliphatic rings. The number of nitrogens with zero attached hydrogens (tertiary/aromatic N) is 1. The molecule has 2 aromatic rings. The molecule has 0 aromatic heterocycles. The highest BCUT2D eigenvalue weighted by atomic mass is 35.5. The lowest BCUT2D eigenvalue weighted by Gasteiger charge is -2.23. The number of ether oxygens (including phenoxy) is 2. The summed E-state index contributed by atoms with van der Waals surface area (Å²) in [5, 5.41) is 8.83. The monoisotopic (exact) mass is 447 g/mol. The van der Waals surface area contributed by atoms with Crippen LogP contribution >= 0.6 is 11.6 Å². The van der Waals surface area contributed by atoms with Crippen LogP contribution in [-0.4, -0.2) is 37.4 Å². The van der Waals surface area contributed by atoms with Gasteiger partial charge in [0.05, 0.1) is 18.4 Å². The first kappa shape index (κ1) is 21.8. The number of halogens is 5. The summed E-state index contributed by atoms with van der Waals surface area (Å²) in [5.41, 5.74) is -5.25. The zero-order valence-electron chi connectivity index (χ0n) is 15.3. The molecule has 3 rings (SSSR count). The number of hydrogen-bond donors (Lipinski definition) is 1. The highest BCUT2D eigenvalue weighted by Crippen LogP contribution is 2.51. The molecule has 11 heteroatoms. The lowest BCUT2D eigenvalue weighted by atomic mass is 9.88. The van der Waals surface area contributed by atoms with Crippen LogP contribution < -0.4 is 9.64 Å². The number of benzene rings is 2. The van der Waals surface area contributed by atoms with Crippen molar-refractivity contribution in [3.63, 3.8) is 0 Å². The smallest absolute Gasteiger partial charge is 0.416 e. The van der Waals surface area contributed by atoms with Gasteiger partial charge in [-0.1, -0.05) is 17.7 Å². The van der Waals surface area contributed by atoms with Crippen LogP contribution in [0.4, 0.5) is 23.2 Å². The third-order valence-electron chi connectivity index (χ3n) is 4.54. The molecule has 160 valence electrons. The fraction of sp³-hybridized carbons (Fsp3) is 0.263. The number of alkyl halides is 4. The maximum absolute atomic E-state index is 16.3. The first-order valence-electron chi connectivity index (χ1n) is 8.37. The molecule has 0 aliphatic carbocycles. The third-order valence-corrected chi connectivity index (χ3v) is 4.78. The lowest BCUT2D eigenvalue weighted by molar-refractivity contribution is -0.147. The highest BCUT2D eigenvalue weighted by Gasteiger charge is 2.55. The predicted octanol–water partition coefficient (Wildman–Crippen LogP) is 3.42. The minimum absolute atomic E-state index is 0.0599. The number of amides is 1. The minimum atomic E-state index is -4.76. The van der Waals surface area contributed by atoms with Gasteiger partial charge in [0.2, 0.25) is 5.67 Å². The second kappa shape index (κ2) is 7.77. The van der Waals surface area contributed by atoms with E-state index in [9.17, 15) is 22.8 Å². The van der Waals surface area contributed by atoms with Crippen LogP contribution in [0, 0.1) is 0 Å². The van der Waals surface area contributed by atoms with Crippen molar-refractivity contribution in [1.82, 2.24) is 0 Å². The van der Waals surface area contributed by atoms with Gasteiger partial charge in [-0.25, -0.2) is 9.18 Å². The van der Waals surface area contributed by atoms with E-state index in [0.717, 1.165) is 12.1 Å². The van der Waals surface area contributed by atoms with Crippen LogP contribution in [0.25, 0.3) is 0 Å². The highest BCUT2D eigenvalue weighted by molar-refractivity contribution is 6.30. The number of hydrogen-bond acceptors (Lipinski definition) is 5. The second-order valence-electron chi connectivity index (χ2n) is 6.27. The number of carbonyl (C=O) groups excluding carboxylic acids is 2. The van der Waals surface area contributed by atoms with Gasteiger partial charge >= 0.3 is 12.1 Å². The summed E-state index contributed by atoms with van der Waals surface area (Å²) in [6.45, 7) is -1.93. The molecule has 0 saturated heterocycles. The van der Waals surface area contributed by atoms with E-state index in [1.807, 2.05) is 0 Å². The Bertz CT molecular complexity index is 1010. The van der Waals surface area contributed by atoms with Crippen molar-refractivity contribution < 1.29 is 41.7 Å². The Labute approximate surface area is 172 Å². The van der Waals surface area contributed by atoms with Crippen LogP contribution in [0.15, 0.2) is 36.4 Å². The molecule has 2 aromatic carbocycles. The molecule has 0 spiro atoms. The van der Waals surface area contributed by atoms with Gasteiger partial charge in [0.25, 0.3) is 5.91 Å². The molecule has 0 radical (unpaired) electrons. The number of methoxy groups -OCH3 is 1. The number of carbonyl (C=O) groups is 2. The van der Waals surface area contributed by atoms with Crippen LogP contribution in [0.3, 0.4) is 0 Å². The molecular weight excluding hydrogens is 434 g/mol. The van der Waals surface area contributed by atoms with Crippen molar-refractivity contribution >= 4 is 29.2 Å². The van der Waals surface area contributed by atoms with E-state index in [-0.39, 0.29) is 16.3 Å². The maximum Gasteiger partial charge on any atom is 0.416 e. The Hall–Kier alpha value is -2.85. The Kier molecular flexibility index (Phi) is 5.66. The van der Waals surface area contributed by atoms with Gasteiger partial charge in [-0.3, -0.25) is 9.69 Å². The van der Waals surface area contributed by atoms with Crippen molar-refractivity contribution in [3.8, 4) is 5.75 Å². The predicted molar refractivity (Wildman–Crippen MR) is 96.9 cm³/mol. The molecule has 30 heavy (non-hydrogen) atoms. The largest absolute Gasteiger partial charge is 0.496 e. The molecule has 0 saturated carbocycles. The SMILES string of the molecule is COc1ccc(Cl)cc1C1(F)C(=O)N(COC(=O)CO)c2cc(C(F)(F)F)ccc21. The molecule has 1 amide bonds. The van der Waals surface area contributed by atoms with E-state index in [4.69, 9.17) is 21.4 Å². The Balaban J connectivity index is 2.21. The first-order valence-corrected chi connectivity index (χ1v) is 8.75. The van der Waals surface area contributed by atoms with E-state index in [0.29, 0.717) is 17.0 Å². The molecule has 1 atom stereocenters. The van der Waals surface area contributed by atoms with Gasteiger partial charge in [-0.15, -0.1) is 0 Å². The summed E-state index contributed by atoms with van der Waals surface area (Å²) < 4.78 is 65.6. The molecule has 6 nitrogen and oxygen atoms in total. The zero-order valence-corrected chi connectivity index (χ0v) is 16.1. The van der Waals surface area contributed by atoms with Crippen molar-refractivity contribution in [1.29, 1.82) is 0 Å². The van der Waals surface area contributed by atoms with Gasteiger partial charge in [-0.05, 0) is 30.3 Å². The molecule has 1 N–H and O–H groups in total. The van der Waals surface area contributed by atoms with Crippen molar-refractivity contribution in [2.75, 3.05) is 25.3 Å². The Morgan fingerprint density at radius 3 is 2.50 bits per heavy atom. The van der Waals surface area contributed by atoms with Gasteiger partial charge < -0.3 is 14.6 Å². The van der Waals surface area contributed by atoms with E-state index in [1.165, 1.54) is 19.2 Å². The summed E-state index contributed by atoms with van der Waals surface area (Å²) in [7, 11) is 1.23. The first-order chi connectivity index (χ1) is 14.0. The molecule has 1 aliphatic heterocycles. The lowest BCUT2D eigenvalue weighted by Crippen LogP contribution is -2.40. The van der Waals surface area contributed by atoms with Crippen LogP contribution in [0.5, 0.6) is 5.75 Å². The van der Waals surface area contributed by atoms with E-state index < -0.39 is 53.9 Å². The van der Waals surface area contributed by atoms with Crippen molar-refractivity contribution in [2.24, 2.45) is 0 Å². The van der Waals surface area contributed by atoms with Gasteiger partial charge in [-0.2, -0.15) is 13.2 Å². The van der Waals surface area contributed by atoms with Gasteiger partial charge in [0.15, 0.2) is 6.73 Å². The topological polar surface area (TPSA) is 76.1 Å². The molecular formula is C19H14ClF4NO5. The number of aliphatic hydroxyl groups is 1. The molecule has 0 fully saturated rings. The number of esters is 1. The standard InChI is InChI=1S/C19H14ClF4NO5/c1-29-15-5-3-11(20)7-13(15)18(21)12-4-2-10(19(22,23)24)6-14(12)25(17(18)28)9-30-16(27)8-26/h2-7,26H,8-9H2,1H3. The summed E-state index contributed by atoms with van der Waals surface area (Å²) in [4.78, 5) is 24.9. The Morgan fingerprint density at radius 1 is 1.20 bits per heavy atom. The quantitative estimate of drug-likeness (QED) is 0.561. The average molecular weight is 448 g/mol. The number of fused-ring (bicyclic) bond motifs is 1. The molecule has 0 bridgehead atoms. The van der Waals surface area contributed by atoms with Gasteiger partial charge in [0, 0.05) is 16.1 Å². The normalized spacial score (nSPS) is 18.4. The van der Waals surface area contributed by atoms with E-state index in [1.54, 1.807) is 0 Å². The number of anilines is 1. The van der Waals surface area contributed by atoms with E-state index >= 15 is 4.39 Å². The Morgan fingerprint density at radius 2 is 1.90 bits per heavy atom. The summed E-state index contributed by atoms with van der Waals surface area (Å²) in [6, 6.07) is 5.89. The maximum atomic E-state index is 16.3. The third kappa shape index (κ3) is 3.56. The zero-order chi connectivity index (χ0) is 22.3. The summed E-state index contributed by atoms with van der Waals surface area (Å²) in [6.07, 6.45) is -4.76. The van der Waals surface area contributed by atoms with Crippen LogP contribution in [0.1, 0.15) is 16.7 Å². The fourth-order valence-corrected chi connectivity index (χ4v) is 3.33.